The lowest BCUT2D eigenvalue weighted by molar-refractivity contribution is 0.776. The lowest BCUT2D eigenvalue weighted by Crippen LogP contribution is -1.96. The Hall–Kier alpha value is -0.340. The van der Waals surface area contributed by atoms with Crippen LogP contribution in [-0.2, 0) is 0 Å². The van der Waals surface area contributed by atoms with Gasteiger partial charge < -0.3 is 0 Å². The topological polar surface area (TPSA) is 48.8 Å². The zero-order valence-electron chi connectivity index (χ0n) is 7.58. The van der Waals surface area contributed by atoms with Gasteiger partial charge in [0.2, 0.25) is 0 Å². The number of hydrogen-bond donors (Lipinski definition) is 0. The molecule has 0 bridgehead atoms. The van der Waals surface area contributed by atoms with Crippen molar-refractivity contribution in [3.8, 4) is 0 Å². The molecule has 0 N–H and O–H groups in total. The minimum atomic E-state index is -0.996. The van der Waals surface area contributed by atoms with Crippen LogP contribution in [0.15, 0.2) is 4.52 Å². The second kappa shape index (κ2) is 5.33. The van der Waals surface area contributed by atoms with E-state index in [9.17, 15) is 0 Å². The Bertz CT molecular complexity index is 150. The minimum absolute atomic E-state index is 0.996. The molecule has 0 aliphatic heterocycles. The summed E-state index contributed by atoms with van der Waals surface area (Å²) in [6, 6.07) is 0. The lowest BCUT2D eigenvalue weighted by Gasteiger charge is -2.23. The first-order valence-electron chi connectivity index (χ1n) is 3.89. The van der Waals surface area contributed by atoms with Gasteiger partial charge in [0.05, 0.1) is 0 Å². The molecule has 4 heteroatoms. The van der Waals surface area contributed by atoms with Crippen molar-refractivity contribution in [2.75, 3.05) is 18.3 Å². The molecule has 0 saturated heterocycles. The largest absolute Gasteiger partial charge is 0.166 e. The van der Waals surface area contributed by atoms with E-state index in [1.54, 1.807) is 0 Å². The average molecular weight is 175 g/mol. The molecule has 66 valence electrons. The van der Waals surface area contributed by atoms with Crippen LogP contribution in [0.5, 0.6) is 0 Å². The predicted molar refractivity (Wildman–Crippen MR) is 53.0 cm³/mol. The molecule has 0 aliphatic carbocycles. The van der Waals surface area contributed by atoms with Gasteiger partial charge >= 0.3 is 0 Å². The van der Waals surface area contributed by atoms with E-state index in [1.165, 1.54) is 19.3 Å². The first kappa shape index (κ1) is 10.7. The first-order valence-corrected chi connectivity index (χ1v) is 6.47. The third-order valence-electron chi connectivity index (χ3n) is 1.50. The van der Waals surface area contributed by atoms with E-state index in [-0.39, 0.29) is 0 Å². The van der Waals surface area contributed by atoms with Crippen molar-refractivity contribution < 1.29 is 0 Å². The summed E-state index contributed by atoms with van der Waals surface area (Å²) in [5, 5.41) is 0. The molecule has 0 rings (SSSR count). The highest BCUT2D eigenvalue weighted by atomic mass is 32.3. The van der Waals surface area contributed by atoms with Gasteiger partial charge in [-0.1, -0.05) is 19.8 Å². The molecule has 3 nitrogen and oxygen atoms in total. The number of nitrogens with zero attached hydrogens (tertiary/aromatic N) is 3. The van der Waals surface area contributed by atoms with Crippen LogP contribution in [0, 0.1) is 0 Å². The van der Waals surface area contributed by atoms with Gasteiger partial charge in [0, 0.05) is 4.91 Å². The van der Waals surface area contributed by atoms with Crippen molar-refractivity contribution in [1.29, 1.82) is 0 Å². The molecule has 0 saturated carbocycles. The summed E-state index contributed by atoms with van der Waals surface area (Å²) in [4.78, 5) is 2.85. The van der Waals surface area contributed by atoms with Gasteiger partial charge in [-0.3, -0.25) is 0 Å². The maximum absolute atomic E-state index is 8.24. The molecule has 0 aromatic carbocycles. The Kier molecular flexibility index (Phi) is 5.16. The van der Waals surface area contributed by atoms with E-state index in [4.69, 9.17) is 5.53 Å². The molecule has 0 atom stereocenters. The molecule has 0 spiro atoms. The van der Waals surface area contributed by atoms with Crippen molar-refractivity contribution in [3.63, 3.8) is 0 Å². The van der Waals surface area contributed by atoms with E-state index in [1.807, 2.05) is 0 Å². The highest BCUT2D eigenvalue weighted by Gasteiger charge is 2.06. The maximum Gasteiger partial charge on any atom is 0.00934 e. The van der Waals surface area contributed by atoms with E-state index >= 15 is 0 Å². The van der Waals surface area contributed by atoms with Gasteiger partial charge in [0.25, 0.3) is 0 Å². The Morgan fingerprint density at radius 1 is 1.36 bits per heavy atom. The quantitative estimate of drug-likeness (QED) is 0.266. The fraction of sp³-hybridized carbons (Fsp3) is 1.00. The van der Waals surface area contributed by atoms with Crippen LogP contribution in [-0.4, -0.2) is 18.3 Å². The maximum atomic E-state index is 8.24. The molecule has 11 heavy (non-hydrogen) atoms. The van der Waals surface area contributed by atoms with E-state index < -0.39 is 10.2 Å². The minimum Gasteiger partial charge on any atom is -0.166 e. The number of rotatable bonds is 5. The first-order chi connectivity index (χ1) is 5.12. The monoisotopic (exact) mass is 175 g/mol. The standard InChI is InChI=1S/C7H17N3S/c1-4-5-6-7-11(2,3)10-9-8/h4-7H2,1-3H3. The van der Waals surface area contributed by atoms with Crippen molar-refractivity contribution in [2.45, 2.75) is 26.2 Å². The van der Waals surface area contributed by atoms with Crippen molar-refractivity contribution >= 4 is 10.2 Å². The number of hydrogen-bond acceptors (Lipinski definition) is 1. The second-order valence-corrected chi connectivity index (χ2v) is 6.59. The van der Waals surface area contributed by atoms with Crippen LogP contribution in [0.25, 0.3) is 10.4 Å². The molecule has 0 heterocycles. The average Bonchev–Trinajstić information content (AvgIpc) is 1.87. The SMILES string of the molecule is CCCCCS(C)(C)N=[N+]=[N-]. The van der Waals surface area contributed by atoms with Gasteiger partial charge in [-0.15, -0.1) is 0 Å². The van der Waals surface area contributed by atoms with Crippen LogP contribution < -0.4 is 0 Å². The van der Waals surface area contributed by atoms with E-state index in [0.29, 0.717) is 0 Å². The fourth-order valence-electron chi connectivity index (χ4n) is 0.845. The Balaban J connectivity index is 3.63. The van der Waals surface area contributed by atoms with Gasteiger partial charge in [-0.05, 0) is 34.7 Å². The molecule has 0 fully saturated rings. The Morgan fingerprint density at radius 3 is 2.45 bits per heavy atom. The third-order valence-corrected chi connectivity index (χ3v) is 3.31. The normalized spacial score (nSPS) is 12.3. The predicted octanol–water partition coefficient (Wildman–Crippen LogP) is 3.47. The van der Waals surface area contributed by atoms with Crippen molar-refractivity contribution in [2.24, 2.45) is 4.52 Å². The molecule has 0 radical (unpaired) electrons. The van der Waals surface area contributed by atoms with E-state index in [2.05, 4.69) is 28.9 Å². The van der Waals surface area contributed by atoms with Crippen LogP contribution in [0.3, 0.4) is 0 Å². The fourth-order valence-corrected chi connectivity index (χ4v) is 2.03. The zero-order chi connectivity index (χ0) is 8.74. The van der Waals surface area contributed by atoms with Gasteiger partial charge in [0.1, 0.15) is 0 Å². The van der Waals surface area contributed by atoms with Gasteiger partial charge in [0.15, 0.2) is 0 Å². The summed E-state index contributed by atoms with van der Waals surface area (Å²) in [6.45, 7) is 2.18. The Morgan fingerprint density at radius 2 is 2.00 bits per heavy atom. The summed E-state index contributed by atoms with van der Waals surface area (Å²) in [5.74, 6) is 1.07. The van der Waals surface area contributed by atoms with Crippen LogP contribution in [0.4, 0.5) is 0 Å². The van der Waals surface area contributed by atoms with Gasteiger partial charge in [-0.2, -0.15) is 10.2 Å². The summed E-state index contributed by atoms with van der Waals surface area (Å²) in [5.41, 5.74) is 8.24. The van der Waals surface area contributed by atoms with Crippen LogP contribution in [0.1, 0.15) is 26.2 Å². The number of azide groups is 1. The molecule has 0 aromatic heterocycles. The highest BCUT2D eigenvalue weighted by Crippen LogP contribution is 2.42. The summed E-state index contributed by atoms with van der Waals surface area (Å²) in [6.07, 6.45) is 7.78. The summed E-state index contributed by atoms with van der Waals surface area (Å²) in [7, 11) is -0.996. The van der Waals surface area contributed by atoms with E-state index in [0.717, 1.165) is 5.75 Å². The molecule has 0 amide bonds. The Labute approximate surface area is 70.3 Å². The van der Waals surface area contributed by atoms with Crippen molar-refractivity contribution in [3.05, 3.63) is 10.4 Å². The van der Waals surface area contributed by atoms with Gasteiger partial charge in [-0.25, -0.2) is 0 Å². The second-order valence-electron chi connectivity index (χ2n) is 3.06. The molecule has 0 unspecified atom stereocenters. The molecular formula is C7H17N3S. The smallest absolute Gasteiger partial charge is 0.00934 e. The summed E-state index contributed by atoms with van der Waals surface area (Å²) >= 11 is 0. The summed E-state index contributed by atoms with van der Waals surface area (Å²) < 4.78 is 3.79. The molecule has 0 aromatic rings. The third kappa shape index (κ3) is 6.07. The highest BCUT2D eigenvalue weighted by molar-refractivity contribution is 8.31. The number of unbranched alkanes of at least 4 members (excludes halogenated alkanes) is 2. The zero-order valence-corrected chi connectivity index (χ0v) is 8.39. The molecular weight excluding hydrogens is 158 g/mol. The van der Waals surface area contributed by atoms with Crippen molar-refractivity contribution in [1.82, 2.24) is 0 Å². The molecule has 0 aliphatic rings. The lowest BCUT2D eigenvalue weighted by atomic mass is 10.3. The van der Waals surface area contributed by atoms with Crippen LogP contribution >= 0.6 is 10.2 Å². The van der Waals surface area contributed by atoms with Crippen LogP contribution in [0.2, 0.25) is 0 Å².